The SMILES string of the molecule is O=C1C=C/C(=N/Cl)C(Br)=C1Br. The van der Waals surface area contributed by atoms with Crippen LogP contribution in [-0.4, -0.2) is 11.5 Å². The highest BCUT2D eigenvalue weighted by Crippen LogP contribution is 2.25. The molecule has 0 fully saturated rings. The molecule has 0 aromatic heterocycles. The summed E-state index contributed by atoms with van der Waals surface area (Å²) in [5.74, 6) is -0.0964. The number of ketones is 1. The fourth-order valence-electron chi connectivity index (χ4n) is 0.587. The first-order valence-corrected chi connectivity index (χ1v) is 4.56. The summed E-state index contributed by atoms with van der Waals surface area (Å²) in [6, 6.07) is 0. The second kappa shape index (κ2) is 3.65. The summed E-state index contributed by atoms with van der Waals surface area (Å²) in [5, 5.41) is 0. The van der Waals surface area contributed by atoms with Crippen molar-refractivity contribution in [3.63, 3.8) is 0 Å². The summed E-state index contributed by atoms with van der Waals surface area (Å²) in [5.41, 5.74) is 0.540. The van der Waals surface area contributed by atoms with E-state index in [0.29, 0.717) is 14.7 Å². The summed E-state index contributed by atoms with van der Waals surface area (Å²) >= 11 is 11.5. The van der Waals surface area contributed by atoms with Gasteiger partial charge in [-0.05, 0) is 44.0 Å². The van der Waals surface area contributed by atoms with Crippen molar-refractivity contribution >= 4 is 55.1 Å². The number of rotatable bonds is 0. The molecule has 0 amide bonds. The van der Waals surface area contributed by atoms with E-state index >= 15 is 0 Å². The minimum atomic E-state index is -0.0964. The van der Waals surface area contributed by atoms with Crippen LogP contribution in [0.3, 0.4) is 0 Å². The molecule has 0 aromatic rings. The lowest BCUT2D eigenvalue weighted by atomic mass is 10.2. The van der Waals surface area contributed by atoms with Gasteiger partial charge in [-0.1, -0.05) is 0 Å². The molecule has 2 nitrogen and oxygen atoms in total. The maximum atomic E-state index is 10.9. The first-order valence-electron chi connectivity index (χ1n) is 2.64. The highest BCUT2D eigenvalue weighted by Gasteiger charge is 2.16. The average Bonchev–Trinajstić information content (AvgIpc) is 2.01. The van der Waals surface area contributed by atoms with E-state index in [9.17, 15) is 4.79 Å². The van der Waals surface area contributed by atoms with E-state index in [0.717, 1.165) is 0 Å². The van der Waals surface area contributed by atoms with E-state index in [-0.39, 0.29) is 5.78 Å². The van der Waals surface area contributed by atoms with Gasteiger partial charge in [0.1, 0.15) is 0 Å². The number of halogens is 3. The Morgan fingerprint density at radius 2 is 1.91 bits per heavy atom. The normalized spacial score (nSPS) is 21.7. The number of hydrogen-bond donors (Lipinski definition) is 0. The predicted molar refractivity (Wildman–Crippen MR) is 52.3 cm³/mol. The van der Waals surface area contributed by atoms with E-state index < -0.39 is 0 Å². The molecule has 1 rings (SSSR count). The van der Waals surface area contributed by atoms with Crippen molar-refractivity contribution in [2.45, 2.75) is 0 Å². The van der Waals surface area contributed by atoms with Gasteiger partial charge in [0.15, 0.2) is 5.78 Å². The fourth-order valence-corrected chi connectivity index (χ4v) is 1.58. The Morgan fingerprint density at radius 1 is 1.27 bits per heavy atom. The van der Waals surface area contributed by atoms with Gasteiger partial charge >= 0.3 is 0 Å². The zero-order valence-corrected chi connectivity index (χ0v) is 9.07. The minimum Gasteiger partial charge on any atom is -0.289 e. The van der Waals surface area contributed by atoms with Crippen LogP contribution in [0.2, 0.25) is 0 Å². The molecular formula is C6H2Br2ClNO. The summed E-state index contributed by atoms with van der Waals surface area (Å²) < 4.78 is 4.46. The highest BCUT2D eigenvalue weighted by molar-refractivity contribution is 9.14. The largest absolute Gasteiger partial charge is 0.289 e. The topological polar surface area (TPSA) is 29.4 Å². The predicted octanol–water partition coefficient (Wildman–Crippen LogP) is 2.72. The van der Waals surface area contributed by atoms with Crippen LogP contribution < -0.4 is 0 Å². The van der Waals surface area contributed by atoms with Gasteiger partial charge in [-0.2, -0.15) is 4.51 Å². The van der Waals surface area contributed by atoms with Gasteiger partial charge in [0.25, 0.3) is 0 Å². The van der Waals surface area contributed by atoms with Crippen molar-refractivity contribution < 1.29 is 4.79 Å². The van der Waals surface area contributed by atoms with Crippen LogP contribution in [0.25, 0.3) is 0 Å². The third-order valence-electron chi connectivity index (χ3n) is 1.12. The van der Waals surface area contributed by atoms with Crippen molar-refractivity contribution in [1.82, 2.24) is 0 Å². The summed E-state index contributed by atoms with van der Waals surface area (Å²) in [7, 11) is 0. The zero-order valence-electron chi connectivity index (χ0n) is 5.14. The first-order chi connectivity index (χ1) is 5.16. The van der Waals surface area contributed by atoms with Gasteiger partial charge in [-0.25, -0.2) is 0 Å². The van der Waals surface area contributed by atoms with Crippen LogP contribution in [0.4, 0.5) is 0 Å². The van der Waals surface area contributed by atoms with Crippen molar-refractivity contribution in [3.8, 4) is 0 Å². The molecule has 0 radical (unpaired) electrons. The van der Waals surface area contributed by atoms with Crippen molar-refractivity contribution in [2.75, 3.05) is 0 Å². The highest BCUT2D eigenvalue weighted by atomic mass is 79.9. The van der Waals surface area contributed by atoms with Crippen LogP contribution in [0.15, 0.2) is 25.6 Å². The molecule has 11 heavy (non-hydrogen) atoms. The van der Waals surface area contributed by atoms with Gasteiger partial charge < -0.3 is 0 Å². The minimum absolute atomic E-state index is 0.0964. The average molecular weight is 299 g/mol. The molecular weight excluding hydrogens is 297 g/mol. The van der Waals surface area contributed by atoms with Crippen LogP contribution in [-0.2, 0) is 4.79 Å². The number of carbonyl (C=O) groups is 1. The molecule has 0 heterocycles. The molecule has 0 N–H and O–H groups in total. The zero-order chi connectivity index (χ0) is 8.43. The summed E-state index contributed by atoms with van der Waals surface area (Å²) in [4.78, 5) is 10.9. The van der Waals surface area contributed by atoms with E-state index in [1.165, 1.54) is 6.08 Å². The molecule has 1 aliphatic rings. The van der Waals surface area contributed by atoms with Crippen LogP contribution in [0, 0.1) is 0 Å². The molecule has 0 saturated carbocycles. The molecule has 1 aliphatic carbocycles. The molecule has 58 valence electrons. The number of allylic oxidation sites excluding steroid dienone is 4. The van der Waals surface area contributed by atoms with E-state index in [4.69, 9.17) is 11.8 Å². The third-order valence-corrected chi connectivity index (χ3v) is 3.42. The first kappa shape index (κ1) is 9.16. The lowest BCUT2D eigenvalue weighted by Gasteiger charge is -2.04. The molecule has 0 spiro atoms. The standard InChI is InChI=1S/C6H2Br2ClNO/c7-5-3(10-9)1-2-4(11)6(5)8/h1-2H/b10-3-. The van der Waals surface area contributed by atoms with Gasteiger partial charge in [-0.3, -0.25) is 4.79 Å². The third kappa shape index (κ3) is 1.80. The Kier molecular flexibility index (Phi) is 3.04. The van der Waals surface area contributed by atoms with Crippen LogP contribution in [0.5, 0.6) is 0 Å². The number of carbonyl (C=O) groups excluding carboxylic acids is 1. The van der Waals surface area contributed by atoms with Crippen LogP contribution in [0.1, 0.15) is 0 Å². The maximum Gasteiger partial charge on any atom is 0.194 e. The molecule has 0 aliphatic heterocycles. The van der Waals surface area contributed by atoms with Gasteiger partial charge in [-0.15, -0.1) is 0 Å². The second-order valence-electron chi connectivity index (χ2n) is 1.80. The monoisotopic (exact) mass is 297 g/mol. The summed E-state index contributed by atoms with van der Waals surface area (Å²) in [6.07, 6.45) is 2.94. The maximum absolute atomic E-state index is 10.9. The molecule has 5 heteroatoms. The lowest BCUT2D eigenvalue weighted by molar-refractivity contribution is -0.110. The lowest BCUT2D eigenvalue weighted by Crippen LogP contribution is -2.06. The quantitative estimate of drug-likeness (QED) is 0.632. The smallest absolute Gasteiger partial charge is 0.194 e. The van der Waals surface area contributed by atoms with E-state index in [1.807, 2.05) is 0 Å². The van der Waals surface area contributed by atoms with Gasteiger partial charge in [0, 0.05) is 11.8 Å². The van der Waals surface area contributed by atoms with Crippen molar-refractivity contribution in [3.05, 3.63) is 21.1 Å². The van der Waals surface area contributed by atoms with E-state index in [1.54, 1.807) is 6.08 Å². The molecule has 0 atom stereocenters. The van der Waals surface area contributed by atoms with Gasteiger partial charge in [0.2, 0.25) is 0 Å². The summed E-state index contributed by atoms with van der Waals surface area (Å²) in [6.45, 7) is 0. The van der Waals surface area contributed by atoms with Crippen molar-refractivity contribution in [1.29, 1.82) is 0 Å². The Hall–Kier alpha value is 0.0700. The Labute approximate surface area is 85.4 Å². The van der Waals surface area contributed by atoms with Gasteiger partial charge in [0.05, 0.1) is 14.7 Å². The Balaban J connectivity index is 3.14. The molecule has 0 saturated heterocycles. The fraction of sp³-hybridized carbons (Fsp3) is 0. The Morgan fingerprint density at radius 3 is 2.45 bits per heavy atom. The number of nitrogens with zero attached hydrogens (tertiary/aromatic N) is 1. The number of hydrogen-bond acceptors (Lipinski definition) is 2. The molecule has 0 aromatic carbocycles. The molecule has 0 bridgehead atoms. The van der Waals surface area contributed by atoms with Crippen molar-refractivity contribution in [2.24, 2.45) is 4.51 Å². The van der Waals surface area contributed by atoms with Crippen LogP contribution >= 0.6 is 43.6 Å². The van der Waals surface area contributed by atoms with E-state index in [2.05, 4.69) is 36.4 Å². The molecule has 0 unspecified atom stereocenters. The Bertz CT molecular complexity index is 293. The second-order valence-corrected chi connectivity index (χ2v) is 3.55.